The molecule has 0 spiro atoms. The van der Waals surface area contributed by atoms with Gasteiger partial charge < -0.3 is 18.9 Å². The number of methoxy groups -OCH3 is 3. The summed E-state index contributed by atoms with van der Waals surface area (Å²) in [7, 11) is 4.40. The molecule has 0 aliphatic carbocycles. The minimum Gasteiger partial charge on any atom is -0.493 e. The van der Waals surface area contributed by atoms with Crippen LogP contribution < -0.4 is 9.47 Å². The lowest BCUT2D eigenvalue weighted by molar-refractivity contribution is -0.141. The van der Waals surface area contributed by atoms with E-state index >= 15 is 0 Å². The van der Waals surface area contributed by atoms with Gasteiger partial charge in [-0.25, -0.2) is 4.79 Å². The van der Waals surface area contributed by atoms with Crippen molar-refractivity contribution < 1.29 is 28.5 Å². The summed E-state index contributed by atoms with van der Waals surface area (Å²) in [4.78, 5) is 22.4. The number of hydrogen-bond donors (Lipinski definition) is 0. The lowest BCUT2D eigenvalue weighted by Crippen LogP contribution is -2.11. The molecule has 0 bridgehead atoms. The average molecular weight is 322 g/mol. The van der Waals surface area contributed by atoms with Gasteiger partial charge in [0.2, 0.25) is 0 Å². The molecule has 0 saturated carbocycles. The molecule has 23 heavy (non-hydrogen) atoms. The Morgan fingerprint density at radius 3 is 2.26 bits per heavy atom. The van der Waals surface area contributed by atoms with Crippen LogP contribution in [-0.4, -0.2) is 39.9 Å². The van der Waals surface area contributed by atoms with Gasteiger partial charge in [0, 0.05) is 18.9 Å². The van der Waals surface area contributed by atoms with Gasteiger partial charge in [-0.1, -0.05) is 6.08 Å². The average Bonchev–Trinajstić information content (AvgIpc) is 2.54. The van der Waals surface area contributed by atoms with Gasteiger partial charge in [-0.05, 0) is 30.2 Å². The van der Waals surface area contributed by atoms with E-state index in [0.29, 0.717) is 11.5 Å². The largest absolute Gasteiger partial charge is 0.493 e. The van der Waals surface area contributed by atoms with Crippen molar-refractivity contribution in [3.63, 3.8) is 0 Å². The molecule has 1 atom stereocenters. The number of carbonyl (C=O) groups is 2. The summed E-state index contributed by atoms with van der Waals surface area (Å²) in [6, 6.07) is 3.64. The van der Waals surface area contributed by atoms with Gasteiger partial charge >= 0.3 is 11.9 Å². The highest BCUT2D eigenvalue weighted by Gasteiger charge is 2.17. The SMILES string of the molecule is COC(=O)/C=C/[C@H](COC(C)=O)c1cc(OC)c(OC)cc1C. The van der Waals surface area contributed by atoms with Gasteiger partial charge in [0.25, 0.3) is 0 Å². The van der Waals surface area contributed by atoms with Gasteiger partial charge in [0.1, 0.15) is 6.61 Å². The maximum atomic E-state index is 11.3. The first-order chi connectivity index (χ1) is 10.9. The van der Waals surface area contributed by atoms with E-state index in [2.05, 4.69) is 4.74 Å². The normalized spacial score (nSPS) is 11.9. The molecule has 1 aromatic rings. The minimum atomic E-state index is -0.476. The monoisotopic (exact) mass is 322 g/mol. The predicted octanol–water partition coefficient (Wildman–Crippen LogP) is 2.39. The van der Waals surface area contributed by atoms with Crippen LogP contribution in [0.15, 0.2) is 24.3 Å². The van der Waals surface area contributed by atoms with Crippen molar-refractivity contribution in [1.82, 2.24) is 0 Å². The molecule has 0 radical (unpaired) electrons. The first-order valence-electron chi connectivity index (χ1n) is 7.05. The van der Waals surface area contributed by atoms with Crippen molar-refractivity contribution >= 4 is 11.9 Å². The van der Waals surface area contributed by atoms with Crippen LogP contribution in [0, 0.1) is 6.92 Å². The van der Waals surface area contributed by atoms with Crippen molar-refractivity contribution in [2.45, 2.75) is 19.8 Å². The molecule has 6 heteroatoms. The summed E-state index contributed by atoms with van der Waals surface area (Å²) in [5.41, 5.74) is 1.79. The third-order valence-electron chi connectivity index (χ3n) is 3.30. The fourth-order valence-electron chi connectivity index (χ4n) is 2.11. The second-order valence-electron chi connectivity index (χ2n) is 4.86. The first kappa shape index (κ1) is 18.5. The van der Waals surface area contributed by atoms with Crippen molar-refractivity contribution in [3.05, 3.63) is 35.4 Å². The molecule has 0 heterocycles. The molecule has 0 fully saturated rings. The van der Waals surface area contributed by atoms with E-state index in [1.165, 1.54) is 20.1 Å². The zero-order chi connectivity index (χ0) is 17.4. The number of esters is 2. The maximum absolute atomic E-state index is 11.3. The number of carbonyl (C=O) groups excluding carboxylic acids is 2. The zero-order valence-corrected chi connectivity index (χ0v) is 14.0. The van der Waals surface area contributed by atoms with Crippen LogP contribution in [0.2, 0.25) is 0 Å². The quantitative estimate of drug-likeness (QED) is 0.567. The van der Waals surface area contributed by atoms with Crippen LogP contribution in [0.5, 0.6) is 11.5 Å². The van der Waals surface area contributed by atoms with Crippen LogP contribution in [0.25, 0.3) is 0 Å². The van der Waals surface area contributed by atoms with Gasteiger partial charge in [-0.2, -0.15) is 0 Å². The topological polar surface area (TPSA) is 71.1 Å². The summed E-state index contributed by atoms with van der Waals surface area (Å²) in [6.07, 6.45) is 2.95. The number of hydrogen-bond acceptors (Lipinski definition) is 6. The fourth-order valence-corrected chi connectivity index (χ4v) is 2.11. The maximum Gasteiger partial charge on any atom is 0.330 e. The van der Waals surface area contributed by atoms with E-state index in [1.807, 2.05) is 19.1 Å². The molecule has 0 aliphatic rings. The Bertz CT molecular complexity index is 591. The summed E-state index contributed by atoms with van der Waals surface area (Å²) in [6.45, 7) is 3.35. The van der Waals surface area contributed by atoms with Crippen LogP contribution in [0.4, 0.5) is 0 Å². The molecule has 0 aromatic heterocycles. The highest BCUT2D eigenvalue weighted by atomic mass is 16.5. The lowest BCUT2D eigenvalue weighted by Gasteiger charge is -2.18. The molecule has 0 amide bonds. The molecule has 0 unspecified atom stereocenters. The molecule has 126 valence electrons. The summed E-state index contributed by atoms with van der Waals surface area (Å²) < 4.78 is 20.3. The predicted molar refractivity (Wildman–Crippen MR) is 84.8 cm³/mol. The fraction of sp³-hybridized carbons (Fsp3) is 0.412. The van der Waals surface area contributed by atoms with E-state index in [4.69, 9.17) is 14.2 Å². The number of rotatable bonds is 7. The van der Waals surface area contributed by atoms with Gasteiger partial charge in [-0.15, -0.1) is 0 Å². The lowest BCUT2D eigenvalue weighted by atomic mass is 9.94. The Labute approximate surface area is 136 Å². The first-order valence-corrected chi connectivity index (χ1v) is 7.05. The molecule has 0 saturated heterocycles. The van der Waals surface area contributed by atoms with Crippen molar-refractivity contribution in [1.29, 1.82) is 0 Å². The molecule has 0 aliphatic heterocycles. The van der Waals surface area contributed by atoms with Gasteiger partial charge in [-0.3, -0.25) is 4.79 Å². The van der Waals surface area contributed by atoms with E-state index in [1.54, 1.807) is 20.3 Å². The number of ether oxygens (including phenoxy) is 4. The Balaban J connectivity index is 3.21. The van der Waals surface area contributed by atoms with E-state index < -0.39 is 5.97 Å². The Morgan fingerprint density at radius 1 is 1.13 bits per heavy atom. The standard InChI is InChI=1S/C17H22O6/c1-11-8-15(20-3)16(21-4)9-14(11)13(10-23-12(2)18)6-7-17(19)22-5/h6-9,13H,10H2,1-5H3/b7-6+/t13-/m1/s1. The summed E-state index contributed by atoms with van der Waals surface area (Å²) in [5.74, 6) is -0.00214. The third-order valence-corrected chi connectivity index (χ3v) is 3.30. The summed E-state index contributed by atoms with van der Waals surface area (Å²) >= 11 is 0. The third kappa shape index (κ3) is 5.32. The van der Waals surface area contributed by atoms with Crippen LogP contribution in [-0.2, 0) is 19.1 Å². The Hall–Kier alpha value is -2.50. The zero-order valence-electron chi connectivity index (χ0n) is 14.0. The van der Waals surface area contributed by atoms with Crippen LogP contribution in [0.1, 0.15) is 24.0 Å². The molecule has 6 nitrogen and oxygen atoms in total. The second-order valence-corrected chi connectivity index (χ2v) is 4.86. The smallest absolute Gasteiger partial charge is 0.330 e. The molecule has 0 N–H and O–H groups in total. The highest BCUT2D eigenvalue weighted by Crippen LogP contribution is 2.34. The minimum absolute atomic E-state index is 0.110. The highest BCUT2D eigenvalue weighted by molar-refractivity contribution is 5.82. The Morgan fingerprint density at radius 2 is 1.74 bits per heavy atom. The van der Waals surface area contributed by atoms with Gasteiger partial charge in [0.05, 0.1) is 21.3 Å². The van der Waals surface area contributed by atoms with E-state index in [-0.39, 0.29) is 18.5 Å². The van der Waals surface area contributed by atoms with E-state index in [0.717, 1.165) is 11.1 Å². The van der Waals surface area contributed by atoms with Crippen molar-refractivity contribution in [2.24, 2.45) is 0 Å². The molecular formula is C17H22O6. The molecule has 1 rings (SSSR count). The molecular weight excluding hydrogens is 300 g/mol. The van der Waals surface area contributed by atoms with Crippen molar-refractivity contribution in [3.8, 4) is 11.5 Å². The summed E-state index contributed by atoms with van der Waals surface area (Å²) in [5, 5.41) is 0. The van der Waals surface area contributed by atoms with Gasteiger partial charge in [0.15, 0.2) is 11.5 Å². The second kappa shape index (κ2) is 8.82. The van der Waals surface area contributed by atoms with Crippen molar-refractivity contribution in [2.75, 3.05) is 27.9 Å². The van der Waals surface area contributed by atoms with Crippen LogP contribution >= 0.6 is 0 Å². The van der Waals surface area contributed by atoms with E-state index in [9.17, 15) is 9.59 Å². The number of aryl methyl sites for hydroxylation is 1. The number of benzene rings is 1. The van der Waals surface area contributed by atoms with Crippen LogP contribution in [0.3, 0.4) is 0 Å². The Kier molecular flexibility index (Phi) is 7.12. The molecule has 1 aromatic carbocycles.